The van der Waals surface area contributed by atoms with Gasteiger partial charge in [0, 0.05) is 8.07 Å². The maximum atomic E-state index is 8.94. The Hall–Kier alpha value is 0.177. The van der Waals surface area contributed by atoms with Gasteiger partial charge in [0.25, 0.3) is 0 Å². The molecule has 2 heteroatoms. The zero-order chi connectivity index (χ0) is 7.49. The summed E-state index contributed by atoms with van der Waals surface area (Å²) in [7, 11) is -0.880. The van der Waals surface area contributed by atoms with Crippen LogP contribution < -0.4 is 0 Å². The van der Waals surface area contributed by atoms with E-state index in [2.05, 4.69) is 19.6 Å². The lowest BCUT2D eigenvalue weighted by Gasteiger charge is -2.15. The first-order valence-corrected chi connectivity index (χ1v) is 7.30. The molecule has 0 heterocycles. The second kappa shape index (κ2) is 3.37. The molecule has 0 radical (unpaired) electrons. The Morgan fingerprint density at radius 1 is 1.33 bits per heavy atom. The van der Waals surface area contributed by atoms with Crippen molar-refractivity contribution >= 4 is 8.07 Å². The van der Waals surface area contributed by atoms with Gasteiger partial charge in [0.05, 0.1) is 6.10 Å². The topological polar surface area (TPSA) is 20.2 Å². The highest BCUT2D eigenvalue weighted by atomic mass is 28.3. The zero-order valence-electron chi connectivity index (χ0n) is 6.94. The van der Waals surface area contributed by atoms with Gasteiger partial charge in [-0.1, -0.05) is 25.7 Å². The van der Waals surface area contributed by atoms with Crippen LogP contribution in [-0.2, 0) is 0 Å². The van der Waals surface area contributed by atoms with Gasteiger partial charge in [-0.05, 0) is 13.3 Å². The van der Waals surface area contributed by atoms with Crippen LogP contribution in [0.4, 0.5) is 0 Å². The van der Waals surface area contributed by atoms with Gasteiger partial charge in [-0.25, -0.2) is 0 Å². The van der Waals surface area contributed by atoms with Crippen molar-refractivity contribution < 1.29 is 5.11 Å². The molecule has 0 aromatic heterocycles. The molecule has 0 fully saturated rings. The quantitative estimate of drug-likeness (QED) is 0.605. The molecule has 1 N–H and O–H groups in total. The third-order valence-corrected chi connectivity index (χ3v) is 3.10. The molecule has 0 aromatic carbocycles. The molecule has 0 aliphatic rings. The minimum Gasteiger partial charge on any atom is -0.393 e. The molecule has 9 heavy (non-hydrogen) atoms. The van der Waals surface area contributed by atoms with Crippen molar-refractivity contribution in [3.05, 3.63) is 0 Å². The Bertz CT molecular complexity index is 73.5. The highest BCUT2D eigenvalue weighted by Crippen LogP contribution is 2.12. The normalized spacial score (nSPS) is 15.7. The number of rotatable bonds is 3. The van der Waals surface area contributed by atoms with Gasteiger partial charge in [-0.15, -0.1) is 0 Å². The fraction of sp³-hybridized carbons (Fsp3) is 1.00. The van der Waals surface area contributed by atoms with Crippen molar-refractivity contribution in [1.82, 2.24) is 0 Å². The van der Waals surface area contributed by atoms with E-state index >= 15 is 0 Å². The largest absolute Gasteiger partial charge is 0.393 e. The average Bonchev–Trinajstić information content (AvgIpc) is 1.59. The van der Waals surface area contributed by atoms with Gasteiger partial charge >= 0.3 is 0 Å². The molecule has 0 aromatic rings. The molecule has 0 amide bonds. The van der Waals surface area contributed by atoms with E-state index in [0.717, 1.165) is 6.42 Å². The standard InChI is InChI=1S/C7H18OSi/c1-7(8)5-6-9(2,3)4/h7-8H,5-6H2,1-4H3/t7-/m0/s1. The summed E-state index contributed by atoms with van der Waals surface area (Å²) in [5, 5.41) is 8.94. The molecule has 0 saturated carbocycles. The van der Waals surface area contributed by atoms with Crippen LogP contribution in [0.25, 0.3) is 0 Å². The average molecular weight is 146 g/mol. The summed E-state index contributed by atoms with van der Waals surface area (Å²) < 4.78 is 0. The van der Waals surface area contributed by atoms with E-state index in [4.69, 9.17) is 5.11 Å². The fourth-order valence-corrected chi connectivity index (χ4v) is 1.93. The molecule has 0 saturated heterocycles. The van der Waals surface area contributed by atoms with E-state index < -0.39 is 8.07 Å². The van der Waals surface area contributed by atoms with Crippen LogP contribution in [-0.4, -0.2) is 19.3 Å². The number of hydrogen-bond acceptors (Lipinski definition) is 1. The molecule has 0 rings (SSSR count). The molecule has 1 atom stereocenters. The van der Waals surface area contributed by atoms with Crippen molar-refractivity contribution in [3.63, 3.8) is 0 Å². The van der Waals surface area contributed by atoms with Crippen LogP contribution in [0.1, 0.15) is 13.3 Å². The van der Waals surface area contributed by atoms with Gasteiger partial charge in [-0.2, -0.15) is 0 Å². The van der Waals surface area contributed by atoms with Gasteiger partial charge in [0.15, 0.2) is 0 Å². The SMILES string of the molecule is C[C@H](O)CC[Si](C)(C)C. The summed E-state index contributed by atoms with van der Waals surface area (Å²) in [5.41, 5.74) is 0. The molecular weight excluding hydrogens is 128 g/mol. The van der Waals surface area contributed by atoms with E-state index in [1.807, 2.05) is 6.92 Å². The Labute approximate surface area is 59.1 Å². The number of aliphatic hydroxyl groups is 1. The minimum atomic E-state index is -0.880. The Kier molecular flexibility index (Phi) is 3.44. The van der Waals surface area contributed by atoms with Gasteiger partial charge in [0.2, 0.25) is 0 Å². The highest BCUT2D eigenvalue weighted by Gasteiger charge is 2.12. The molecule has 0 aliphatic carbocycles. The smallest absolute Gasteiger partial charge is 0.0509 e. The molecular formula is C7H18OSi. The van der Waals surface area contributed by atoms with Gasteiger partial charge < -0.3 is 5.11 Å². The summed E-state index contributed by atoms with van der Waals surface area (Å²) in [6.07, 6.45) is 0.882. The lowest BCUT2D eigenvalue weighted by Crippen LogP contribution is -2.20. The summed E-state index contributed by atoms with van der Waals surface area (Å²) >= 11 is 0. The summed E-state index contributed by atoms with van der Waals surface area (Å²) in [6.45, 7) is 8.85. The predicted octanol–water partition coefficient (Wildman–Crippen LogP) is 2.10. The zero-order valence-corrected chi connectivity index (χ0v) is 7.94. The van der Waals surface area contributed by atoms with E-state index in [1.165, 1.54) is 6.04 Å². The molecule has 0 aliphatic heterocycles. The van der Waals surface area contributed by atoms with Crippen LogP contribution in [0, 0.1) is 0 Å². The van der Waals surface area contributed by atoms with E-state index in [1.54, 1.807) is 0 Å². The maximum absolute atomic E-state index is 8.94. The number of hydrogen-bond donors (Lipinski definition) is 1. The Morgan fingerprint density at radius 2 is 1.78 bits per heavy atom. The van der Waals surface area contributed by atoms with E-state index in [0.29, 0.717) is 0 Å². The van der Waals surface area contributed by atoms with Crippen molar-refractivity contribution in [2.24, 2.45) is 0 Å². The lowest BCUT2D eigenvalue weighted by molar-refractivity contribution is 0.190. The summed E-state index contributed by atoms with van der Waals surface area (Å²) in [5.74, 6) is 0. The second-order valence-corrected chi connectivity index (χ2v) is 9.57. The summed E-state index contributed by atoms with van der Waals surface area (Å²) in [6, 6.07) is 1.24. The summed E-state index contributed by atoms with van der Waals surface area (Å²) in [4.78, 5) is 0. The molecule has 0 bridgehead atoms. The third-order valence-electron chi connectivity index (χ3n) is 1.31. The van der Waals surface area contributed by atoms with Crippen molar-refractivity contribution in [2.45, 2.75) is 45.1 Å². The Morgan fingerprint density at radius 3 is 1.89 bits per heavy atom. The highest BCUT2D eigenvalue weighted by molar-refractivity contribution is 6.76. The number of aliphatic hydroxyl groups excluding tert-OH is 1. The third kappa shape index (κ3) is 8.18. The first-order valence-electron chi connectivity index (χ1n) is 3.60. The predicted molar refractivity (Wildman–Crippen MR) is 44.5 cm³/mol. The van der Waals surface area contributed by atoms with Gasteiger partial charge in [0.1, 0.15) is 0 Å². The molecule has 1 nitrogen and oxygen atoms in total. The minimum absolute atomic E-state index is 0.100. The molecule has 56 valence electrons. The van der Waals surface area contributed by atoms with Crippen LogP contribution in [0.15, 0.2) is 0 Å². The Balaban J connectivity index is 3.28. The monoisotopic (exact) mass is 146 g/mol. The second-order valence-electron chi connectivity index (χ2n) is 3.95. The van der Waals surface area contributed by atoms with Crippen LogP contribution in [0.3, 0.4) is 0 Å². The van der Waals surface area contributed by atoms with Crippen molar-refractivity contribution in [2.75, 3.05) is 0 Å². The van der Waals surface area contributed by atoms with E-state index in [-0.39, 0.29) is 6.10 Å². The lowest BCUT2D eigenvalue weighted by atomic mass is 10.3. The van der Waals surface area contributed by atoms with Gasteiger partial charge in [-0.3, -0.25) is 0 Å². The first kappa shape index (κ1) is 9.18. The van der Waals surface area contributed by atoms with Crippen LogP contribution in [0.2, 0.25) is 25.7 Å². The fourth-order valence-electron chi connectivity index (χ4n) is 0.642. The molecule has 0 spiro atoms. The van der Waals surface area contributed by atoms with Crippen molar-refractivity contribution in [3.8, 4) is 0 Å². The van der Waals surface area contributed by atoms with E-state index in [9.17, 15) is 0 Å². The first-order chi connectivity index (χ1) is 3.92. The van der Waals surface area contributed by atoms with Crippen LogP contribution >= 0.6 is 0 Å². The van der Waals surface area contributed by atoms with Crippen molar-refractivity contribution in [1.29, 1.82) is 0 Å². The van der Waals surface area contributed by atoms with Crippen LogP contribution in [0.5, 0.6) is 0 Å². The maximum Gasteiger partial charge on any atom is 0.0509 e. The molecule has 0 unspecified atom stereocenters.